The molecule has 3 rings (SSSR count). The SMILES string of the molecule is CNc1c2c(nc3c(F)cc(C)cc13)CCC2. The van der Waals surface area contributed by atoms with Gasteiger partial charge in [-0.05, 0) is 49.4 Å². The maximum Gasteiger partial charge on any atom is 0.149 e. The predicted molar refractivity (Wildman–Crippen MR) is 68.0 cm³/mol. The summed E-state index contributed by atoms with van der Waals surface area (Å²) in [5, 5.41) is 4.13. The topological polar surface area (TPSA) is 24.9 Å². The first-order valence-electron chi connectivity index (χ1n) is 6.00. The number of aryl methyl sites for hydroxylation is 2. The van der Waals surface area contributed by atoms with Crippen LogP contribution in [-0.2, 0) is 12.8 Å². The fraction of sp³-hybridized carbons (Fsp3) is 0.357. The van der Waals surface area contributed by atoms with Crippen LogP contribution in [0.15, 0.2) is 12.1 Å². The number of benzene rings is 1. The highest BCUT2D eigenvalue weighted by atomic mass is 19.1. The van der Waals surface area contributed by atoms with E-state index in [-0.39, 0.29) is 5.82 Å². The molecule has 0 radical (unpaired) electrons. The number of hydrogen-bond acceptors (Lipinski definition) is 2. The van der Waals surface area contributed by atoms with Crippen LogP contribution in [0, 0.1) is 12.7 Å². The number of nitrogens with one attached hydrogen (secondary N) is 1. The van der Waals surface area contributed by atoms with Gasteiger partial charge in [-0.25, -0.2) is 9.37 Å². The molecule has 1 aromatic carbocycles. The van der Waals surface area contributed by atoms with Crippen molar-refractivity contribution >= 4 is 16.6 Å². The Labute approximate surface area is 99.9 Å². The molecule has 2 aromatic rings. The van der Waals surface area contributed by atoms with E-state index in [9.17, 15) is 4.39 Å². The van der Waals surface area contributed by atoms with E-state index < -0.39 is 0 Å². The summed E-state index contributed by atoms with van der Waals surface area (Å²) in [5.74, 6) is -0.216. The third-order valence-corrected chi connectivity index (χ3v) is 3.46. The maximum atomic E-state index is 13.9. The fourth-order valence-electron chi connectivity index (χ4n) is 2.74. The van der Waals surface area contributed by atoms with E-state index in [1.54, 1.807) is 6.07 Å². The summed E-state index contributed by atoms with van der Waals surface area (Å²) >= 11 is 0. The standard InChI is InChI=1S/C14H15FN2/c1-8-6-10-13(16-2)9-4-3-5-12(9)17-14(10)11(15)7-8/h6-7H,3-5H2,1-2H3,(H,16,17). The molecule has 88 valence electrons. The van der Waals surface area contributed by atoms with Gasteiger partial charge < -0.3 is 5.32 Å². The summed E-state index contributed by atoms with van der Waals surface area (Å²) in [5.41, 5.74) is 4.83. The van der Waals surface area contributed by atoms with Crippen molar-refractivity contribution in [2.45, 2.75) is 26.2 Å². The number of pyridine rings is 1. The Morgan fingerprint density at radius 2 is 2.12 bits per heavy atom. The van der Waals surface area contributed by atoms with E-state index in [1.807, 2.05) is 20.0 Å². The first kappa shape index (κ1) is 10.5. The minimum Gasteiger partial charge on any atom is -0.387 e. The third kappa shape index (κ3) is 1.49. The molecule has 0 bridgehead atoms. The maximum absolute atomic E-state index is 13.9. The molecule has 1 N–H and O–H groups in total. The van der Waals surface area contributed by atoms with Gasteiger partial charge in [0.25, 0.3) is 0 Å². The number of hydrogen-bond donors (Lipinski definition) is 1. The Kier molecular flexibility index (Phi) is 2.28. The van der Waals surface area contributed by atoms with Gasteiger partial charge in [0.1, 0.15) is 11.3 Å². The van der Waals surface area contributed by atoms with Crippen molar-refractivity contribution in [3.05, 3.63) is 34.8 Å². The molecule has 0 saturated carbocycles. The lowest BCUT2D eigenvalue weighted by Gasteiger charge is -2.12. The van der Waals surface area contributed by atoms with Crippen molar-refractivity contribution in [2.75, 3.05) is 12.4 Å². The summed E-state index contributed by atoms with van der Waals surface area (Å²) in [6, 6.07) is 3.56. The van der Waals surface area contributed by atoms with Crippen molar-refractivity contribution in [1.82, 2.24) is 4.98 Å². The molecule has 1 aromatic heterocycles. The highest BCUT2D eigenvalue weighted by Crippen LogP contribution is 2.35. The third-order valence-electron chi connectivity index (χ3n) is 3.46. The number of nitrogens with zero attached hydrogens (tertiary/aromatic N) is 1. The zero-order valence-corrected chi connectivity index (χ0v) is 10.1. The van der Waals surface area contributed by atoms with E-state index in [0.717, 1.165) is 41.6 Å². The van der Waals surface area contributed by atoms with Gasteiger partial charge in [-0.2, -0.15) is 0 Å². The monoisotopic (exact) mass is 230 g/mol. The van der Waals surface area contributed by atoms with Gasteiger partial charge >= 0.3 is 0 Å². The van der Waals surface area contributed by atoms with Crippen molar-refractivity contribution in [3.63, 3.8) is 0 Å². The van der Waals surface area contributed by atoms with Crippen LogP contribution in [0.3, 0.4) is 0 Å². The summed E-state index contributed by atoms with van der Waals surface area (Å²) in [6.07, 6.45) is 3.13. The summed E-state index contributed by atoms with van der Waals surface area (Å²) in [4.78, 5) is 4.49. The molecular weight excluding hydrogens is 215 g/mol. The molecule has 0 aliphatic heterocycles. The van der Waals surface area contributed by atoms with Gasteiger partial charge in [0, 0.05) is 23.8 Å². The van der Waals surface area contributed by atoms with Crippen molar-refractivity contribution in [1.29, 1.82) is 0 Å². The van der Waals surface area contributed by atoms with E-state index >= 15 is 0 Å². The van der Waals surface area contributed by atoms with Crippen molar-refractivity contribution in [3.8, 4) is 0 Å². The van der Waals surface area contributed by atoms with Crippen LogP contribution < -0.4 is 5.32 Å². The number of fused-ring (bicyclic) bond motifs is 2. The highest BCUT2D eigenvalue weighted by Gasteiger charge is 2.20. The minimum atomic E-state index is -0.216. The van der Waals surface area contributed by atoms with Crippen LogP contribution in [-0.4, -0.2) is 12.0 Å². The van der Waals surface area contributed by atoms with Crippen LogP contribution in [0.2, 0.25) is 0 Å². The van der Waals surface area contributed by atoms with Crippen molar-refractivity contribution in [2.24, 2.45) is 0 Å². The van der Waals surface area contributed by atoms with Crippen molar-refractivity contribution < 1.29 is 4.39 Å². The zero-order valence-electron chi connectivity index (χ0n) is 10.1. The molecule has 2 nitrogen and oxygen atoms in total. The number of anilines is 1. The van der Waals surface area contributed by atoms with Gasteiger partial charge in [0.15, 0.2) is 0 Å². The first-order chi connectivity index (χ1) is 8.20. The smallest absolute Gasteiger partial charge is 0.149 e. The second kappa shape index (κ2) is 3.69. The Bertz CT molecular complexity index is 605. The zero-order chi connectivity index (χ0) is 12.0. The second-order valence-corrected chi connectivity index (χ2v) is 4.66. The van der Waals surface area contributed by atoms with E-state index in [4.69, 9.17) is 0 Å². The Morgan fingerprint density at radius 1 is 1.29 bits per heavy atom. The number of halogens is 1. The highest BCUT2D eigenvalue weighted by molar-refractivity contribution is 5.94. The second-order valence-electron chi connectivity index (χ2n) is 4.66. The molecule has 1 aliphatic carbocycles. The number of aromatic nitrogens is 1. The van der Waals surface area contributed by atoms with E-state index in [0.29, 0.717) is 5.52 Å². The molecule has 0 unspecified atom stereocenters. The minimum absolute atomic E-state index is 0.216. The van der Waals surface area contributed by atoms with Crippen LogP contribution in [0.1, 0.15) is 23.2 Å². The molecule has 1 aliphatic rings. The molecule has 0 atom stereocenters. The quantitative estimate of drug-likeness (QED) is 0.813. The predicted octanol–water partition coefficient (Wildman–Crippen LogP) is 3.21. The van der Waals surface area contributed by atoms with Crippen LogP contribution in [0.5, 0.6) is 0 Å². The molecule has 17 heavy (non-hydrogen) atoms. The largest absolute Gasteiger partial charge is 0.387 e. The molecule has 0 amide bonds. The Morgan fingerprint density at radius 3 is 2.88 bits per heavy atom. The Hall–Kier alpha value is -1.64. The molecule has 3 heteroatoms. The van der Waals surface area contributed by atoms with Gasteiger partial charge in [-0.3, -0.25) is 0 Å². The molecule has 0 spiro atoms. The Balaban J connectivity index is 2.45. The summed E-state index contributed by atoms with van der Waals surface area (Å²) < 4.78 is 13.9. The fourth-order valence-corrected chi connectivity index (χ4v) is 2.74. The van der Waals surface area contributed by atoms with Crippen LogP contribution >= 0.6 is 0 Å². The van der Waals surface area contributed by atoms with E-state index in [1.165, 1.54) is 5.56 Å². The normalized spacial score (nSPS) is 14.1. The molecule has 0 saturated heterocycles. The van der Waals surface area contributed by atoms with Gasteiger partial charge in [0.05, 0.1) is 0 Å². The average Bonchev–Trinajstić information content (AvgIpc) is 2.74. The summed E-state index contributed by atoms with van der Waals surface area (Å²) in [7, 11) is 1.90. The van der Waals surface area contributed by atoms with Gasteiger partial charge in [0.2, 0.25) is 0 Å². The van der Waals surface area contributed by atoms with Crippen LogP contribution in [0.4, 0.5) is 10.1 Å². The summed E-state index contributed by atoms with van der Waals surface area (Å²) in [6.45, 7) is 1.91. The average molecular weight is 230 g/mol. The molecular formula is C14H15FN2. The molecule has 0 fully saturated rings. The lowest BCUT2D eigenvalue weighted by Crippen LogP contribution is -2.01. The lowest BCUT2D eigenvalue weighted by molar-refractivity contribution is 0.635. The van der Waals surface area contributed by atoms with Gasteiger partial charge in [-0.15, -0.1) is 0 Å². The lowest BCUT2D eigenvalue weighted by atomic mass is 10.0. The van der Waals surface area contributed by atoms with Crippen LogP contribution in [0.25, 0.3) is 10.9 Å². The van der Waals surface area contributed by atoms with E-state index in [2.05, 4.69) is 10.3 Å². The number of rotatable bonds is 1. The van der Waals surface area contributed by atoms with Gasteiger partial charge in [-0.1, -0.05) is 0 Å². The molecule has 1 heterocycles. The first-order valence-corrected chi connectivity index (χ1v) is 6.00.